The summed E-state index contributed by atoms with van der Waals surface area (Å²) in [5.74, 6) is -0.782. The monoisotopic (exact) mass is 418 g/mol. The molecule has 1 atom stereocenters. The number of carbonyl (C=O) groups excluding carboxylic acids is 3. The number of likely N-dealkylation sites (N-methyl/N-ethyl adjacent to an activating group) is 2. The molecule has 1 aromatic carbocycles. The summed E-state index contributed by atoms with van der Waals surface area (Å²) in [5.41, 5.74) is 2.04. The van der Waals surface area contributed by atoms with Gasteiger partial charge in [0.15, 0.2) is 13.1 Å². The van der Waals surface area contributed by atoms with Gasteiger partial charge < -0.3 is 19.9 Å². The van der Waals surface area contributed by atoms with E-state index in [0.717, 1.165) is 20.9 Å². The van der Waals surface area contributed by atoms with Crippen LogP contribution in [0.2, 0.25) is 0 Å². The van der Waals surface area contributed by atoms with Crippen LogP contribution < -0.4 is 10.2 Å². The molecule has 0 aliphatic carbocycles. The number of nitrogens with zero attached hydrogens (tertiary/aromatic N) is 1. The molecule has 1 unspecified atom stereocenters. The van der Waals surface area contributed by atoms with Gasteiger partial charge in [0, 0.05) is 24.5 Å². The summed E-state index contributed by atoms with van der Waals surface area (Å²) in [7, 11) is 5.14. The Morgan fingerprint density at radius 2 is 1.79 bits per heavy atom. The lowest BCUT2D eigenvalue weighted by atomic mass is 10.0. The highest BCUT2D eigenvalue weighted by molar-refractivity contribution is 7.17. The fourth-order valence-corrected chi connectivity index (χ4v) is 3.99. The van der Waals surface area contributed by atoms with Gasteiger partial charge in [-0.25, -0.2) is 4.79 Å². The van der Waals surface area contributed by atoms with Crippen LogP contribution in [0.1, 0.15) is 22.2 Å². The Labute approximate surface area is 175 Å². The van der Waals surface area contributed by atoms with E-state index < -0.39 is 5.97 Å². The van der Waals surface area contributed by atoms with Crippen molar-refractivity contribution in [2.24, 2.45) is 0 Å². The molecule has 1 heterocycles. The first kappa shape index (κ1) is 22.6. The lowest BCUT2D eigenvalue weighted by Crippen LogP contribution is -3.11. The highest BCUT2D eigenvalue weighted by Gasteiger charge is 2.26. The van der Waals surface area contributed by atoms with Crippen LogP contribution in [-0.4, -0.2) is 63.5 Å². The Morgan fingerprint density at radius 3 is 2.38 bits per heavy atom. The van der Waals surface area contributed by atoms with Gasteiger partial charge in [0.05, 0.1) is 13.7 Å². The number of hydrogen-bond acceptors (Lipinski definition) is 5. The summed E-state index contributed by atoms with van der Waals surface area (Å²) in [5, 5.41) is 3.32. The summed E-state index contributed by atoms with van der Waals surface area (Å²) in [4.78, 5) is 40.2. The Kier molecular flexibility index (Phi) is 7.92. The Hall–Kier alpha value is -2.71. The third kappa shape index (κ3) is 5.88. The van der Waals surface area contributed by atoms with Gasteiger partial charge in [0.1, 0.15) is 10.6 Å². The average Bonchev–Trinajstić information content (AvgIpc) is 2.97. The summed E-state index contributed by atoms with van der Waals surface area (Å²) >= 11 is 1.35. The normalized spacial score (nSPS) is 11.6. The number of ether oxygens (including phenoxy) is 1. The zero-order chi connectivity index (χ0) is 21.6. The molecule has 2 rings (SSSR count). The lowest BCUT2D eigenvalue weighted by molar-refractivity contribution is -0.862. The molecule has 0 aliphatic heterocycles. The Balaban J connectivity index is 2.27. The number of nitrogens with one attached hydrogen (secondary N) is 2. The molecule has 0 spiro atoms. The molecule has 2 aromatic rings. The molecule has 1 aromatic heterocycles. The number of esters is 1. The summed E-state index contributed by atoms with van der Waals surface area (Å²) < 4.78 is 5.25. The van der Waals surface area contributed by atoms with Crippen LogP contribution in [0.25, 0.3) is 11.1 Å². The predicted octanol–water partition coefficient (Wildman–Crippen LogP) is 1.44. The third-order valence-electron chi connectivity index (χ3n) is 4.29. The van der Waals surface area contributed by atoms with Crippen molar-refractivity contribution < 1.29 is 24.0 Å². The minimum atomic E-state index is -0.463. The second-order valence-electron chi connectivity index (χ2n) is 6.97. The molecule has 2 N–H and O–H groups in total. The van der Waals surface area contributed by atoms with Crippen molar-refractivity contribution in [1.29, 1.82) is 0 Å². The standard InChI is InChI=1S/C21H27N3O4S/c1-6-28-21(27)19-18(15-10-8-7-9-11-15)14(2)29-20(19)22-16(25)12-24(5)13-17(26)23(3)4/h7-11H,6,12-13H2,1-5H3,(H,22,25)/p+1. The van der Waals surface area contributed by atoms with Gasteiger partial charge in [-0.05, 0) is 19.4 Å². The number of rotatable bonds is 8. The molecular weight excluding hydrogens is 390 g/mol. The lowest BCUT2D eigenvalue weighted by Gasteiger charge is -2.16. The third-order valence-corrected chi connectivity index (χ3v) is 5.31. The number of thiophene rings is 1. The molecule has 0 fully saturated rings. The van der Waals surface area contributed by atoms with Crippen LogP contribution in [0.3, 0.4) is 0 Å². The number of carbonyl (C=O) groups is 3. The molecule has 0 aliphatic rings. The molecule has 156 valence electrons. The quantitative estimate of drug-likeness (QED) is 0.636. The number of hydrogen-bond donors (Lipinski definition) is 2. The maximum Gasteiger partial charge on any atom is 0.341 e. The van der Waals surface area contributed by atoms with E-state index in [1.165, 1.54) is 16.2 Å². The van der Waals surface area contributed by atoms with Gasteiger partial charge in [-0.2, -0.15) is 0 Å². The number of anilines is 1. The van der Waals surface area contributed by atoms with Crippen molar-refractivity contribution in [3.8, 4) is 11.1 Å². The van der Waals surface area contributed by atoms with E-state index in [1.54, 1.807) is 28.1 Å². The van der Waals surface area contributed by atoms with E-state index in [-0.39, 0.29) is 31.5 Å². The highest BCUT2D eigenvalue weighted by atomic mass is 32.1. The van der Waals surface area contributed by atoms with Gasteiger partial charge in [-0.1, -0.05) is 30.3 Å². The number of aryl methyl sites for hydroxylation is 1. The molecule has 0 bridgehead atoms. The summed E-state index contributed by atoms with van der Waals surface area (Å²) in [6.45, 7) is 4.23. The van der Waals surface area contributed by atoms with Gasteiger partial charge in [0.25, 0.3) is 11.8 Å². The van der Waals surface area contributed by atoms with Crippen molar-refractivity contribution in [2.45, 2.75) is 13.8 Å². The first-order valence-corrected chi connectivity index (χ1v) is 10.2. The summed E-state index contributed by atoms with van der Waals surface area (Å²) in [6, 6.07) is 9.56. The van der Waals surface area contributed by atoms with Crippen LogP contribution >= 0.6 is 11.3 Å². The molecule has 2 amide bonds. The molecular formula is C21H28N3O4S+. The zero-order valence-corrected chi connectivity index (χ0v) is 18.3. The van der Waals surface area contributed by atoms with E-state index in [2.05, 4.69) is 5.32 Å². The molecule has 0 saturated carbocycles. The minimum Gasteiger partial charge on any atom is -0.462 e. The minimum absolute atomic E-state index is 0.0548. The molecule has 8 heteroatoms. The fourth-order valence-electron chi connectivity index (χ4n) is 2.91. The van der Waals surface area contributed by atoms with E-state index in [1.807, 2.05) is 37.3 Å². The Morgan fingerprint density at radius 1 is 1.14 bits per heavy atom. The van der Waals surface area contributed by atoms with E-state index in [9.17, 15) is 14.4 Å². The van der Waals surface area contributed by atoms with E-state index in [0.29, 0.717) is 10.6 Å². The Bertz CT molecular complexity index is 878. The maximum atomic E-state index is 12.7. The number of amides is 2. The van der Waals surface area contributed by atoms with Crippen molar-refractivity contribution in [3.63, 3.8) is 0 Å². The molecule has 0 saturated heterocycles. The van der Waals surface area contributed by atoms with Crippen LogP contribution in [-0.2, 0) is 14.3 Å². The number of benzene rings is 1. The largest absolute Gasteiger partial charge is 0.462 e. The predicted molar refractivity (Wildman–Crippen MR) is 114 cm³/mol. The summed E-state index contributed by atoms with van der Waals surface area (Å²) in [6.07, 6.45) is 0. The highest BCUT2D eigenvalue weighted by Crippen LogP contribution is 2.40. The first-order chi connectivity index (χ1) is 13.7. The SMILES string of the molecule is CCOC(=O)c1c(NC(=O)C[NH+](C)CC(=O)N(C)C)sc(C)c1-c1ccccc1. The number of quaternary nitrogens is 1. The fraction of sp³-hybridized carbons (Fsp3) is 0.381. The second kappa shape index (κ2) is 10.2. The van der Waals surface area contributed by atoms with Crippen molar-refractivity contribution >= 4 is 34.1 Å². The van der Waals surface area contributed by atoms with E-state index in [4.69, 9.17) is 4.74 Å². The van der Waals surface area contributed by atoms with Crippen LogP contribution in [0.15, 0.2) is 30.3 Å². The second-order valence-corrected chi connectivity index (χ2v) is 8.20. The molecule has 7 nitrogen and oxygen atoms in total. The average molecular weight is 419 g/mol. The van der Waals surface area contributed by atoms with E-state index >= 15 is 0 Å². The van der Waals surface area contributed by atoms with Crippen LogP contribution in [0.4, 0.5) is 5.00 Å². The molecule has 29 heavy (non-hydrogen) atoms. The first-order valence-electron chi connectivity index (χ1n) is 9.41. The van der Waals surface area contributed by atoms with Crippen LogP contribution in [0.5, 0.6) is 0 Å². The molecule has 0 radical (unpaired) electrons. The van der Waals surface area contributed by atoms with Crippen LogP contribution in [0, 0.1) is 6.92 Å². The van der Waals surface area contributed by atoms with Crippen molar-refractivity contribution in [2.75, 3.05) is 46.2 Å². The maximum absolute atomic E-state index is 12.7. The van der Waals surface area contributed by atoms with Crippen molar-refractivity contribution in [3.05, 3.63) is 40.8 Å². The smallest absolute Gasteiger partial charge is 0.341 e. The van der Waals surface area contributed by atoms with Gasteiger partial charge in [0.2, 0.25) is 0 Å². The zero-order valence-electron chi connectivity index (χ0n) is 17.5. The van der Waals surface area contributed by atoms with Gasteiger partial charge in [-0.15, -0.1) is 11.3 Å². The van der Waals surface area contributed by atoms with Gasteiger partial charge in [-0.3, -0.25) is 9.59 Å². The van der Waals surface area contributed by atoms with Crippen molar-refractivity contribution in [1.82, 2.24) is 4.90 Å². The van der Waals surface area contributed by atoms with Gasteiger partial charge >= 0.3 is 5.97 Å². The topological polar surface area (TPSA) is 80.1 Å².